The molecule has 1 saturated heterocycles. The topological polar surface area (TPSA) is 114 Å². The summed E-state index contributed by atoms with van der Waals surface area (Å²) in [5.41, 5.74) is 9.33. The molecule has 0 aromatic carbocycles. The molecule has 0 aliphatic carbocycles. The Morgan fingerprint density at radius 1 is 1.22 bits per heavy atom. The third-order valence-corrected chi connectivity index (χ3v) is 4.32. The Morgan fingerprint density at radius 3 is 2.52 bits per heavy atom. The molecule has 1 fully saturated rings. The van der Waals surface area contributed by atoms with Gasteiger partial charge in [-0.05, 0) is 19.3 Å². The number of carbonyl (C=O) groups excluding carboxylic acids is 1. The van der Waals surface area contributed by atoms with Crippen molar-refractivity contribution in [1.29, 1.82) is 0 Å². The largest absolute Gasteiger partial charge is 0.600 e. The summed E-state index contributed by atoms with van der Waals surface area (Å²) in [6, 6.07) is -0.453. The van der Waals surface area contributed by atoms with Crippen LogP contribution in [0, 0.1) is 0 Å². The summed E-state index contributed by atoms with van der Waals surface area (Å²) < 4.78 is 0. The molecule has 0 saturated carbocycles. The fraction of sp³-hybridized carbons (Fsp3) is 0.889. The van der Waals surface area contributed by atoms with Crippen molar-refractivity contribution in [3.05, 3.63) is 5.43 Å². The monoisotopic (exact) mass is 459 g/mol. The van der Waals surface area contributed by atoms with E-state index in [0.717, 1.165) is 57.7 Å². The number of nitrogens with one attached hydrogen (secondary N) is 1. The van der Waals surface area contributed by atoms with Crippen molar-refractivity contribution in [3.8, 4) is 0 Å². The number of likely N-dealkylation sites (N-methyl/N-ethyl adjacent to an activating group) is 1. The predicted molar refractivity (Wildman–Crippen MR) is 110 cm³/mol. The number of hydrogen-bond donors (Lipinski definition) is 3. The molecule has 1 rings (SSSR count). The van der Waals surface area contributed by atoms with E-state index in [9.17, 15) is 4.79 Å². The Hall–Kier alpha value is -0.276. The summed E-state index contributed by atoms with van der Waals surface area (Å²) in [6.45, 7) is 8.42. The number of rotatable bonds is 12. The molecule has 1 unspecified atom stereocenters. The Morgan fingerprint density at radius 2 is 1.89 bits per heavy atom. The van der Waals surface area contributed by atoms with Gasteiger partial charge < -0.3 is 32.1 Å². The molecule has 8 nitrogen and oxygen atoms in total. The molecule has 1 amide bonds. The smallest absolute Gasteiger partial charge is 0.236 e. The molecule has 1 heterocycles. The number of amides is 1. The molecule has 1 aliphatic heterocycles. The summed E-state index contributed by atoms with van der Waals surface area (Å²) >= 11 is 0. The summed E-state index contributed by atoms with van der Waals surface area (Å²) in [4.78, 5) is 20.7. The molecule has 1 radical (unpaired) electrons. The number of unbranched alkanes of at least 4 members (excludes halogenated alkanes) is 3. The second-order valence-electron chi connectivity index (χ2n) is 6.29. The predicted octanol–water partition coefficient (Wildman–Crippen LogP) is 1.27. The Kier molecular flexibility index (Phi) is 20.4. The van der Waals surface area contributed by atoms with Crippen LogP contribution in [0.15, 0.2) is 4.99 Å². The van der Waals surface area contributed by atoms with E-state index < -0.39 is 6.04 Å². The molecule has 0 bridgehead atoms. The average Bonchev–Trinajstić information content (AvgIpc) is 3.02. The molecule has 0 spiro atoms. The van der Waals surface area contributed by atoms with Crippen LogP contribution in [0.3, 0.4) is 0 Å². The van der Waals surface area contributed by atoms with E-state index in [2.05, 4.69) is 32.6 Å². The van der Waals surface area contributed by atoms with Crippen LogP contribution in [0.4, 0.5) is 0 Å². The first-order valence-corrected chi connectivity index (χ1v) is 9.93. The second kappa shape index (κ2) is 19.1. The molecule has 9 heteroatoms. The average molecular weight is 459 g/mol. The van der Waals surface area contributed by atoms with Crippen molar-refractivity contribution in [2.75, 3.05) is 46.8 Å². The molecule has 1 atom stereocenters. The van der Waals surface area contributed by atoms with Gasteiger partial charge in [0.1, 0.15) is 0 Å². The second-order valence-corrected chi connectivity index (χ2v) is 6.29. The molecular formula is C18H40N7OY-. The van der Waals surface area contributed by atoms with Crippen LogP contribution in [0.25, 0.3) is 5.43 Å². The molecular weight excluding hydrogens is 419 g/mol. The van der Waals surface area contributed by atoms with E-state index in [1.165, 1.54) is 0 Å². The SMILES string of the molecule is CC.CN=C1N(C)CCN1CCCCCCNC(=O)C(N)CCC[N-]N.[Y]. The van der Waals surface area contributed by atoms with Crippen molar-refractivity contribution in [2.24, 2.45) is 16.6 Å². The molecule has 5 N–H and O–H groups in total. The van der Waals surface area contributed by atoms with Crippen molar-refractivity contribution in [2.45, 2.75) is 58.4 Å². The van der Waals surface area contributed by atoms with Gasteiger partial charge in [0, 0.05) is 73.0 Å². The van der Waals surface area contributed by atoms with Crippen LogP contribution >= 0.6 is 0 Å². The molecule has 157 valence electrons. The third-order valence-electron chi connectivity index (χ3n) is 4.32. The van der Waals surface area contributed by atoms with Gasteiger partial charge in [0.05, 0.1) is 6.04 Å². The standard InChI is InChI=1S/C16H34N7O.C2H6.Y/c1-19-16-22(2)12-13-23(16)11-6-4-3-5-9-20-15(24)14(17)8-7-10-21-18;1-2;/h14H,3-13,17-18H2,1-2H3,(H,20,24);1-2H3;/q-1;;. The number of nitrogens with two attached hydrogens (primary N) is 2. The minimum absolute atomic E-state index is 0. The maximum atomic E-state index is 11.8. The number of aliphatic imine (C=N–C) groups is 1. The summed E-state index contributed by atoms with van der Waals surface area (Å²) in [5, 5.41) is 2.90. The third kappa shape index (κ3) is 12.7. The van der Waals surface area contributed by atoms with Crippen LogP contribution in [-0.2, 0) is 37.5 Å². The van der Waals surface area contributed by atoms with E-state index >= 15 is 0 Å². The van der Waals surface area contributed by atoms with E-state index in [4.69, 9.17) is 11.6 Å². The van der Waals surface area contributed by atoms with Gasteiger partial charge >= 0.3 is 0 Å². The minimum atomic E-state index is -0.453. The van der Waals surface area contributed by atoms with Crippen molar-refractivity contribution in [3.63, 3.8) is 0 Å². The summed E-state index contributed by atoms with van der Waals surface area (Å²) in [7, 11) is 3.93. The van der Waals surface area contributed by atoms with Crippen LogP contribution in [0.2, 0.25) is 0 Å². The normalized spacial score (nSPS) is 15.9. The van der Waals surface area contributed by atoms with Crippen LogP contribution in [-0.4, -0.2) is 74.5 Å². The maximum absolute atomic E-state index is 11.8. The zero-order chi connectivity index (χ0) is 19.8. The number of nitrogens with zero attached hydrogens (tertiary/aromatic N) is 4. The number of guanidine groups is 1. The minimum Gasteiger partial charge on any atom is -0.600 e. The fourth-order valence-electron chi connectivity index (χ4n) is 2.89. The zero-order valence-corrected chi connectivity index (χ0v) is 20.6. The van der Waals surface area contributed by atoms with Gasteiger partial charge in [-0.15, -0.1) is 6.54 Å². The zero-order valence-electron chi connectivity index (χ0n) is 17.8. The Bertz CT molecular complexity index is 396. The van der Waals surface area contributed by atoms with Gasteiger partial charge in [-0.1, -0.05) is 33.1 Å². The fourth-order valence-corrected chi connectivity index (χ4v) is 2.89. The molecule has 0 aromatic heterocycles. The van der Waals surface area contributed by atoms with Crippen LogP contribution in [0.1, 0.15) is 52.4 Å². The van der Waals surface area contributed by atoms with E-state index in [-0.39, 0.29) is 38.6 Å². The van der Waals surface area contributed by atoms with Gasteiger partial charge in [0.15, 0.2) is 5.96 Å². The van der Waals surface area contributed by atoms with Crippen molar-refractivity contribution >= 4 is 11.9 Å². The first-order valence-electron chi connectivity index (χ1n) is 9.93. The first kappa shape index (κ1) is 28.9. The summed E-state index contributed by atoms with van der Waals surface area (Å²) in [5.74, 6) is 6.09. The number of hydrogen-bond acceptors (Lipinski definition) is 4. The van der Waals surface area contributed by atoms with Gasteiger partial charge in [-0.2, -0.15) is 0 Å². The van der Waals surface area contributed by atoms with Gasteiger partial charge in [-0.3, -0.25) is 9.79 Å². The Labute approximate surface area is 191 Å². The molecule has 0 aromatic rings. The Balaban J connectivity index is 0. The van der Waals surface area contributed by atoms with Crippen molar-refractivity contribution < 1.29 is 37.5 Å². The van der Waals surface area contributed by atoms with E-state index in [1.807, 2.05) is 20.9 Å². The molecule has 27 heavy (non-hydrogen) atoms. The maximum Gasteiger partial charge on any atom is 0.236 e. The van der Waals surface area contributed by atoms with Gasteiger partial charge in [0.25, 0.3) is 0 Å². The van der Waals surface area contributed by atoms with Gasteiger partial charge in [-0.25, -0.2) is 0 Å². The van der Waals surface area contributed by atoms with Crippen LogP contribution in [0.5, 0.6) is 0 Å². The number of carbonyl (C=O) groups is 1. The van der Waals surface area contributed by atoms with Crippen molar-refractivity contribution in [1.82, 2.24) is 15.1 Å². The molecule has 1 aliphatic rings. The van der Waals surface area contributed by atoms with Gasteiger partial charge in [0.2, 0.25) is 5.91 Å². The summed E-state index contributed by atoms with van der Waals surface area (Å²) in [6.07, 6.45) is 5.80. The quantitative estimate of drug-likeness (QED) is 0.231. The van der Waals surface area contributed by atoms with E-state index in [1.54, 1.807) is 0 Å². The first-order chi connectivity index (χ1) is 12.6. The van der Waals surface area contributed by atoms with Crippen LogP contribution < -0.4 is 16.9 Å². The van der Waals surface area contributed by atoms with E-state index in [0.29, 0.717) is 19.5 Å².